The molecule has 0 bridgehead atoms. The van der Waals surface area contributed by atoms with Crippen molar-refractivity contribution in [3.8, 4) is 11.5 Å². The van der Waals surface area contributed by atoms with Crippen molar-refractivity contribution in [1.29, 1.82) is 0 Å². The lowest BCUT2D eigenvalue weighted by molar-refractivity contribution is 0.0954. The van der Waals surface area contributed by atoms with Crippen LogP contribution in [0.5, 0.6) is 11.5 Å². The van der Waals surface area contributed by atoms with Gasteiger partial charge in [0.1, 0.15) is 17.6 Å². The third kappa shape index (κ3) is 2.64. The van der Waals surface area contributed by atoms with Gasteiger partial charge in [0, 0.05) is 5.56 Å². The number of anilines is 1. The molecule has 114 valence electrons. The number of amides is 1. The molecule has 1 atom stereocenters. The van der Waals surface area contributed by atoms with Gasteiger partial charge in [-0.2, -0.15) is 0 Å². The summed E-state index contributed by atoms with van der Waals surface area (Å²) in [6, 6.07) is 14.9. The third-order valence-corrected chi connectivity index (χ3v) is 3.85. The number of hydrogen-bond donors (Lipinski definition) is 0. The summed E-state index contributed by atoms with van der Waals surface area (Å²) in [6.45, 7) is 2.62. The van der Waals surface area contributed by atoms with Gasteiger partial charge in [-0.1, -0.05) is 25.1 Å². The Kier molecular flexibility index (Phi) is 4.00. The van der Waals surface area contributed by atoms with Crippen molar-refractivity contribution in [2.24, 2.45) is 0 Å². The zero-order valence-corrected chi connectivity index (χ0v) is 12.8. The van der Waals surface area contributed by atoms with E-state index in [0.29, 0.717) is 17.9 Å². The molecule has 0 spiro atoms. The maximum Gasteiger partial charge on any atom is 0.258 e. The average Bonchev–Trinajstić information content (AvgIpc) is 2.60. The van der Waals surface area contributed by atoms with Crippen LogP contribution in [-0.4, -0.2) is 25.7 Å². The highest BCUT2D eigenvalue weighted by molar-refractivity contribution is 6.07. The molecule has 2 aromatic rings. The maximum absolute atomic E-state index is 12.9. The van der Waals surface area contributed by atoms with Crippen molar-refractivity contribution in [3.63, 3.8) is 0 Å². The molecular weight excluding hydrogens is 278 g/mol. The number of nitrogens with zero attached hydrogens (tertiary/aromatic N) is 1. The van der Waals surface area contributed by atoms with E-state index in [1.165, 1.54) is 0 Å². The predicted molar refractivity (Wildman–Crippen MR) is 85.8 cm³/mol. The third-order valence-electron chi connectivity index (χ3n) is 3.85. The summed E-state index contributed by atoms with van der Waals surface area (Å²) in [5.74, 6) is 1.41. The fourth-order valence-electron chi connectivity index (χ4n) is 2.62. The molecule has 1 unspecified atom stereocenters. The molecule has 0 aromatic heterocycles. The van der Waals surface area contributed by atoms with Crippen LogP contribution in [0.1, 0.15) is 23.7 Å². The van der Waals surface area contributed by atoms with Crippen molar-refractivity contribution in [2.75, 3.05) is 18.6 Å². The van der Waals surface area contributed by atoms with Crippen LogP contribution in [0.15, 0.2) is 48.5 Å². The molecule has 1 aliphatic rings. The lowest BCUT2D eigenvalue weighted by atomic mass is 10.1. The molecule has 22 heavy (non-hydrogen) atoms. The Labute approximate surface area is 130 Å². The standard InChI is InChI=1S/C18H19NO3/c1-3-14-12-19(16-9-4-5-10-17(16)22-14)18(20)13-7-6-8-15(11-13)21-2/h4-11,14H,3,12H2,1-2H3. The molecule has 0 N–H and O–H groups in total. The first-order valence-corrected chi connectivity index (χ1v) is 7.44. The van der Waals surface area contributed by atoms with Gasteiger partial charge in [0.25, 0.3) is 5.91 Å². The Morgan fingerprint density at radius 1 is 1.27 bits per heavy atom. The Morgan fingerprint density at radius 3 is 2.86 bits per heavy atom. The van der Waals surface area contributed by atoms with Crippen LogP contribution >= 0.6 is 0 Å². The highest BCUT2D eigenvalue weighted by atomic mass is 16.5. The Balaban J connectivity index is 1.97. The van der Waals surface area contributed by atoms with E-state index in [1.54, 1.807) is 18.1 Å². The summed E-state index contributed by atoms with van der Waals surface area (Å²) in [6.07, 6.45) is 0.875. The normalized spacial score (nSPS) is 16.6. The molecule has 0 saturated carbocycles. The first-order chi connectivity index (χ1) is 10.7. The minimum Gasteiger partial charge on any atom is -0.497 e. The van der Waals surface area contributed by atoms with E-state index in [9.17, 15) is 4.79 Å². The van der Waals surface area contributed by atoms with E-state index < -0.39 is 0 Å². The van der Waals surface area contributed by atoms with Crippen molar-refractivity contribution >= 4 is 11.6 Å². The van der Waals surface area contributed by atoms with Gasteiger partial charge in [-0.25, -0.2) is 0 Å². The largest absolute Gasteiger partial charge is 0.497 e. The number of carbonyl (C=O) groups excluding carboxylic acids is 1. The van der Waals surface area contributed by atoms with Crippen molar-refractivity contribution in [2.45, 2.75) is 19.4 Å². The van der Waals surface area contributed by atoms with E-state index >= 15 is 0 Å². The predicted octanol–water partition coefficient (Wildman–Crippen LogP) is 3.51. The van der Waals surface area contributed by atoms with E-state index in [-0.39, 0.29) is 12.0 Å². The molecule has 0 fully saturated rings. The van der Waals surface area contributed by atoms with Crippen LogP contribution in [0.3, 0.4) is 0 Å². The molecule has 2 aromatic carbocycles. The number of para-hydroxylation sites is 2. The summed E-state index contributed by atoms with van der Waals surface area (Å²) in [4.78, 5) is 14.7. The fraction of sp³-hybridized carbons (Fsp3) is 0.278. The SMILES string of the molecule is CCC1CN(C(=O)c2cccc(OC)c2)c2ccccc2O1. The second kappa shape index (κ2) is 6.10. The van der Waals surface area contributed by atoms with Gasteiger partial charge in [-0.15, -0.1) is 0 Å². The first-order valence-electron chi connectivity index (χ1n) is 7.44. The van der Waals surface area contributed by atoms with E-state index in [1.807, 2.05) is 42.5 Å². The zero-order chi connectivity index (χ0) is 15.5. The van der Waals surface area contributed by atoms with Crippen molar-refractivity contribution < 1.29 is 14.3 Å². The van der Waals surface area contributed by atoms with Gasteiger partial charge in [-0.05, 0) is 36.8 Å². The Bertz CT molecular complexity index is 684. The minimum absolute atomic E-state index is 0.0180. The smallest absolute Gasteiger partial charge is 0.258 e. The quantitative estimate of drug-likeness (QED) is 0.870. The Morgan fingerprint density at radius 2 is 2.09 bits per heavy atom. The lowest BCUT2D eigenvalue weighted by Gasteiger charge is -2.34. The second-order valence-corrected chi connectivity index (χ2v) is 5.26. The number of hydrogen-bond acceptors (Lipinski definition) is 3. The molecule has 0 saturated heterocycles. The zero-order valence-electron chi connectivity index (χ0n) is 12.8. The van der Waals surface area contributed by atoms with Crippen LogP contribution in [0.25, 0.3) is 0 Å². The minimum atomic E-state index is -0.0342. The average molecular weight is 297 g/mol. The van der Waals surface area contributed by atoms with Gasteiger partial charge in [0.15, 0.2) is 0 Å². The summed E-state index contributed by atoms with van der Waals surface area (Å²) in [7, 11) is 1.60. The number of carbonyl (C=O) groups is 1. The first kappa shape index (κ1) is 14.4. The molecule has 0 radical (unpaired) electrons. The highest BCUT2D eigenvalue weighted by Crippen LogP contribution is 2.34. The number of benzene rings is 2. The number of fused-ring (bicyclic) bond motifs is 1. The molecule has 3 rings (SSSR count). The van der Waals surface area contributed by atoms with E-state index in [4.69, 9.17) is 9.47 Å². The van der Waals surface area contributed by atoms with Gasteiger partial charge in [0.2, 0.25) is 0 Å². The number of methoxy groups -OCH3 is 1. The van der Waals surface area contributed by atoms with Gasteiger partial charge < -0.3 is 14.4 Å². The maximum atomic E-state index is 12.9. The van der Waals surface area contributed by atoms with Crippen LogP contribution in [0.4, 0.5) is 5.69 Å². The highest BCUT2D eigenvalue weighted by Gasteiger charge is 2.29. The molecular formula is C18H19NO3. The monoisotopic (exact) mass is 297 g/mol. The Hall–Kier alpha value is -2.49. The topological polar surface area (TPSA) is 38.8 Å². The van der Waals surface area contributed by atoms with Crippen LogP contribution < -0.4 is 14.4 Å². The van der Waals surface area contributed by atoms with Crippen LogP contribution in [0.2, 0.25) is 0 Å². The van der Waals surface area contributed by atoms with Gasteiger partial charge >= 0.3 is 0 Å². The summed E-state index contributed by atoms with van der Waals surface area (Å²) in [5.41, 5.74) is 1.44. The molecule has 0 aliphatic carbocycles. The van der Waals surface area contributed by atoms with Crippen molar-refractivity contribution in [1.82, 2.24) is 0 Å². The fourth-order valence-corrected chi connectivity index (χ4v) is 2.62. The van der Waals surface area contributed by atoms with Gasteiger partial charge in [0.05, 0.1) is 19.3 Å². The molecule has 4 nitrogen and oxygen atoms in total. The number of rotatable bonds is 3. The second-order valence-electron chi connectivity index (χ2n) is 5.26. The van der Waals surface area contributed by atoms with Gasteiger partial charge in [-0.3, -0.25) is 4.79 Å². The molecule has 1 amide bonds. The lowest BCUT2D eigenvalue weighted by Crippen LogP contribution is -2.43. The molecule has 1 aliphatic heterocycles. The van der Waals surface area contributed by atoms with E-state index in [2.05, 4.69) is 6.92 Å². The molecule has 4 heteroatoms. The van der Waals surface area contributed by atoms with Crippen LogP contribution in [0, 0.1) is 0 Å². The molecule has 1 heterocycles. The van der Waals surface area contributed by atoms with Crippen molar-refractivity contribution in [3.05, 3.63) is 54.1 Å². The van der Waals surface area contributed by atoms with E-state index in [0.717, 1.165) is 17.9 Å². The summed E-state index contributed by atoms with van der Waals surface area (Å²) in [5, 5.41) is 0. The van der Waals surface area contributed by atoms with Crippen LogP contribution in [-0.2, 0) is 0 Å². The number of ether oxygens (including phenoxy) is 2. The summed E-state index contributed by atoms with van der Waals surface area (Å²) < 4.78 is 11.1. The summed E-state index contributed by atoms with van der Waals surface area (Å²) >= 11 is 0.